The molecule has 0 heterocycles. The Hall–Kier alpha value is -1.48. The van der Waals surface area contributed by atoms with Crippen LogP contribution >= 0.6 is 11.8 Å². The fourth-order valence-corrected chi connectivity index (χ4v) is 4.43. The van der Waals surface area contributed by atoms with Crippen LogP contribution in [0.3, 0.4) is 0 Å². The Bertz CT molecular complexity index is 649. The summed E-state index contributed by atoms with van der Waals surface area (Å²) in [6.07, 6.45) is 6.51. The highest BCUT2D eigenvalue weighted by molar-refractivity contribution is 8.01. The van der Waals surface area contributed by atoms with E-state index in [-0.39, 0.29) is 11.2 Å². The molecule has 3 heteroatoms. The molecule has 2 nitrogen and oxygen atoms in total. The van der Waals surface area contributed by atoms with Gasteiger partial charge in [0.2, 0.25) is 5.91 Å². The van der Waals surface area contributed by atoms with E-state index in [0.717, 1.165) is 11.1 Å². The first-order chi connectivity index (χ1) is 10.7. The van der Waals surface area contributed by atoms with Gasteiger partial charge in [0.25, 0.3) is 0 Å². The lowest BCUT2D eigenvalue weighted by molar-refractivity contribution is -0.115. The summed E-state index contributed by atoms with van der Waals surface area (Å²) in [5, 5.41) is 6.09. The SMILES string of the molecule is CC(SC1CCCCC1)C(=O)Nc1ccc2ccccc2c1. The zero-order valence-electron chi connectivity index (χ0n) is 13.0. The van der Waals surface area contributed by atoms with E-state index in [4.69, 9.17) is 0 Å². The summed E-state index contributed by atoms with van der Waals surface area (Å²) >= 11 is 1.84. The van der Waals surface area contributed by atoms with Gasteiger partial charge in [-0.25, -0.2) is 0 Å². The van der Waals surface area contributed by atoms with Gasteiger partial charge in [0.05, 0.1) is 5.25 Å². The molecule has 0 radical (unpaired) electrons. The molecular weight excluding hydrogens is 290 g/mol. The number of fused-ring (bicyclic) bond motifs is 1. The fraction of sp³-hybridized carbons (Fsp3) is 0.421. The molecule has 2 aromatic carbocycles. The lowest BCUT2D eigenvalue weighted by atomic mass is 10.0. The van der Waals surface area contributed by atoms with Crippen molar-refractivity contribution in [1.82, 2.24) is 0 Å². The summed E-state index contributed by atoms with van der Waals surface area (Å²) in [6.45, 7) is 2.02. The van der Waals surface area contributed by atoms with Gasteiger partial charge in [0.15, 0.2) is 0 Å². The van der Waals surface area contributed by atoms with Crippen LogP contribution in [0.15, 0.2) is 42.5 Å². The van der Waals surface area contributed by atoms with Gasteiger partial charge in [-0.2, -0.15) is 0 Å². The van der Waals surface area contributed by atoms with Gasteiger partial charge >= 0.3 is 0 Å². The number of hydrogen-bond donors (Lipinski definition) is 1. The zero-order chi connectivity index (χ0) is 15.4. The van der Waals surface area contributed by atoms with Gasteiger partial charge in [-0.15, -0.1) is 11.8 Å². The zero-order valence-corrected chi connectivity index (χ0v) is 13.9. The predicted octanol–water partition coefficient (Wildman–Crippen LogP) is 5.23. The summed E-state index contributed by atoms with van der Waals surface area (Å²) in [7, 11) is 0. The molecule has 1 atom stereocenters. The lowest BCUT2D eigenvalue weighted by Gasteiger charge is -2.23. The largest absolute Gasteiger partial charge is 0.325 e. The van der Waals surface area contributed by atoms with Crippen molar-refractivity contribution < 1.29 is 4.79 Å². The summed E-state index contributed by atoms with van der Waals surface area (Å²) in [4.78, 5) is 12.4. The average Bonchev–Trinajstić information content (AvgIpc) is 2.55. The maximum absolute atomic E-state index is 12.4. The molecular formula is C19H23NOS. The Morgan fingerprint density at radius 3 is 2.59 bits per heavy atom. The second-order valence-corrected chi connectivity index (χ2v) is 7.74. The second-order valence-electron chi connectivity index (χ2n) is 6.09. The minimum Gasteiger partial charge on any atom is -0.325 e. The van der Waals surface area contributed by atoms with Crippen LogP contribution in [-0.4, -0.2) is 16.4 Å². The first-order valence-electron chi connectivity index (χ1n) is 8.17. The molecule has 116 valence electrons. The normalized spacial score (nSPS) is 17.3. The third kappa shape index (κ3) is 3.83. The van der Waals surface area contributed by atoms with Crippen molar-refractivity contribution in [1.29, 1.82) is 0 Å². The highest BCUT2D eigenvalue weighted by atomic mass is 32.2. The van der Waals surface area contributed by atoms with Crippen molar-refractivity contribution in [3.8, 4) is 0 Å². The van der Waals surface area contributed by atoms with Crippen LogP contribution in [0.25, 0.3) is 10.8 Å². The molecule has 0 bridgehead atoms. The summed E-state index contributed by atoms with van der Waals surface area (Å²) in [6, 6.07) is 14.3. The molecule has 1 unspecified atom stereocenters. The van der Waals surface area contributed by atoms with E-state index in [9.17, 15) is 4.79 Å². The number of hydrogen-bond acceptors (Lipinski definition) is 2. The fourth-order valence-electron chi connectivity index (χ4n) is 3.06. The Balaban J connectivity index is 1.61. The van der Waals surface area contributed by atoms with Gasteiger partial charge in [0.1, 0.15) is 0 Å². The molecule has 0 aliphatic heterocycles. The molecule has 0 saturated heterocycles. The van der Waals surface area contributed by atoms with Crippen LogP contribution in [0.4, 0.5) is 5.69 Å². The van der Waals surface area contributed by atoms with Crippen molar-refractivity contribution in [2.24, 2.45) is 0 Å². The lowest BCUT2D eigenvalue weighted by Crippen LogP contribution is -2.25. The first kappa shape index (κ1) is 15.4. The molecule has 22 heavy (non-hydrogen) atoms. The molecule has 0 aromatic heterocycles. The van der Waals surface area contributed by atoms with Crippen LogP contribution in [0, 0.1) is 0 Å². The average molecular weight is 313 g/mol. The Morgan fingerprint density at radius 2 is 1.82 bits per heavy atom. The van der Waals surface area contributed by atoms with Gasteiger partial charge in [-0.3, -0.25) is 4.79 Å². The molecule has 2 aromatic rings. The Morgan fingerprint density at radius 1 is 1.09 bits per heavy atom. The molecule has 1 fully saturated rings. The number of thioether (sulfide) groups is 1. The van der Waals surface area contributed by atoms with Crippen molar-refractivity contribution in [3.63, 3.8) is 0 Å². The topological polar surface area (TPSA) is 29.1 Å². The van der Waals surface area contributed by atoms with E-state index >= 15 is 0 Å². The number of carbonyl (C=O) groups excluding carboxylic acids is 1. The molecule has 1 amide bonds. The van der Waals surface area contributed by atoms with E-state index in [1.807, 2.05) is 43.0 Å². The van der Waals surface area contributed by atoms with Gasteiger partial charge in [0, 0.05) is 10.9 Å². The first-order valence-corrected chi connectivity index (χ1v) is 9.12. The highest BCUT2D eigenvalue weighted by Gasteiger charge is 2.21. The molecule has 1 aliphatic carbocycles. The minimum atomic E-state index is 0.00886. The molecule has 3 rings (SSSR count). The Kier molecular flexibility index (Phi) is 5.04. The van der Waals surface area contributed by atoms with Crippen molar-refractivity contribution in [2.45, 2.75) is 49.5 Å². The molecule has 1 N–H and O–H groups in total. The van der Waals surface area contributed by atoms with Crippen LogP contribution in [0.5, 0.6) is 0 Å². The third-order valence-electron chi connectivity index (χ3n) is 4.34. The third-order valence-corrected chi connectivity index (χ3v) is 5.81. The smallest absolute Gasteiger partial charge is 0.237 e. The van der Waals surface area contributed by atoms with E-state index < -0.39 is 0 Å². The summed E-state index contributed by atoms with van der Waals surface area (Å²) in [5.74, 6) is 0.117. The quantitative estimate of drug-likeness (QED) is 0.837. The molecule has 1 saturated carbocycles. The van der Waals surface area contributed by atoms with Crippen LogP contribution < -0.4 is 5.32 Å². The highest BCUT2D eigenvalue weighted by Crippen LogP contribution is 2.31. The number of rotatable bonds is 4. The Labute approximate surface area is 136 Å². The predicted molar refractivity (Wildman–Crippen MR) is 96.5 cm³/mol. The van der Waals surface area contributed by atoms with Gasteiger partial charge in [-0.1, -0.05) is 49.6 Å². The number of nitrogens with one attached hydrogen (secondary N) is 1. The molecule has 1 aliphatic rings. The maximum atomic E-state index is 12.4. The summed E-state index contributed by atoms with van der Waals surface area (Å²) in [5.41, 5.74) is 0.889. The number of carbonyl (C=O) groups is 1. The van der Waals surface area contributed by atoms with E-state index in [2.05, 4.69) is 23.5 Å². The monoisotopic (exact) mass is 313 g/mol. The summed E-state index contributed by atoms with van der Waals surface area (Å²) < 4.78 is 0. The van der Waals surface area contributed by atoms with Crippen molar-refractivity contribution >= 4 is 34.1 Å². The van der Waals surface area contributed by atoms with E-state index in [0.29, 0.717) is 5.25 Å². The van der Waals surface area contributed by atoms with Crippen molar-refractivity contribution in [2.75, 3.05) is 5.32 Å². The van der Waals surface area contributed by atoms with Gasteiger partial charge < -0.3 is 5.32 Å². The number of benzene rings is 2. The van der Waals surface area contributed by atoms with Crippen molar-refractivity contribution in [3.05, 3.63) is 42.5 Å². The number of anilines is 1. The standard InChI is InChI=1S/C19H23NOS/c1-14(22-18-9-3-2-4-10-18)19(21)20-17-12-11-15-7-5-6-8-16(15)13-17/h5-8,11-14,18H,2-4,9-10H2,1H3,(H,20,21). The van der Waals surface area contributed by atoms with Gasteiger partial charge in [-0.05, 0) is 42.7 Å². The van der Waals surface area contributed by atoms with E-state index in [1.165, 1.54) is 37.5 Å². The maximum Gasteiger partial charge on any atom is 0.237 e. The van der Waals surface area contributed by atoms with Crippen LogP contribution in [-0.2, 0) is 4.79 Å². The van der Waals surface area contributed by atoms with Crippen LogP contribution in [0.1, 0.15) is 39.0 Å². The second kappa shape index (κ2) is 7.19. The van der Waals surface area contributed by atoms with E-state index in [1.54, 1.807) is 0 Å². The number of amides is 1. The minimum absolute atomic E-state index is 0.00886. The van der Waals surface area contributed by atoms with Crippen LogP contribution in [0.2, 0.25) is 0 Å². The molecule has 0 spiro atoms.